The fraction of sp³-hybridized carbons (Fsp3) is 0.125. The highest BCUT2D eigenvalue weighted by atomic mass is 35.5. The van der Waals surface area contributed by atoms with Crippen molar-refractivity contribution in [2.75, 3.05) is 5.73 Å². The Hall–Kier alpha value is -1.22. The molecule has 1 aromatic rings. The van der Waals surface area contributed by atoms with Crippen LogP contribution in [0, 0.1) is 6.92 Å². The zero-order valence-electron chi connectivity index (χ0n) is 6.57. The third kappa shape index (κ3) is 1.89. The summed E-state index contributed by atoms with van der Waals surface area (Å²) in [5, 5.41) is 8.67. The molecule has 0 atom stereocenters. The molecule has 0 heterocycles. The van der Waals surface area contributed by atoms with Crippen LogP contribution < -0.4 is 5.73 Å². The second-order valence-electron chi connectivity index (χ2n) is 2.34. The minimum Gasteiger partial charge on any atom is -0.478 e. The van der Waals surface area contributed by atoms with E-state index in [4.69, 9.17) is 10.8 Å². The number of nitrogen functional groups attached to an aromatic ring is 1. The van der Waals surface area contributed by atoms with Gasteiger partial charge in [0.2, 0.25) is 0 Å². The normalized spacial score (nSPS) is 8.75. The lowest BCUT2D eigenvalue weighted by Gasteiger charge is -2.02. The summed E-state index contributed by atoms with van der Waals surface area (Å²) >= 11 is 0. The first-order valence-corrected chi connectivity index (χ1v) is 3.21. The average molecular weight is 188 g/mol. The second kappa shape index (κ2) is 3.97. The molecule has 0 aliphatic heterocycles. The number of carbonyl (C=O) groups is 1. The van der Waals surface area contributed by atoms with Crippen LogP contribution in [0.5, 0.6) is 0 Å². The molecule has 1 rings (SSSR count). The molecule has 66 valence electrons. The van der Waals surface area contributed by atoms with Crippen LogP contribution in [0.2, 0.25) is 0 Å². The van der Waals surface area contributed by atoms with E-state index in [-0.39, 0.29) is 18.0 Å². The minimum atomic E-state index is -0.972. The van der Waals surface area contributed by atoms with Gasteiger partial charge in [-0.05, 0) is 18.6 Å². The molecular weight excluding hydrogens is 178 g/mol. The molecule has 0 saturated heterocycles. The number of rotatable bonds is 1. The zero-order chi connectivity index (χ0) is 8.43. The van der Waals surface area contributed by atoms with E-state index in [0.29, 0.717) is 11.3 Å². The van der Waals surface area contributed by atoms with Crippen LogP contribution in [0.4, 0.5) is 5.69 Å². The first kappa shape index (κ1) is 10.8. The number of halogens is 1. The Bertz CT molecular complexity index is 279. The molecule has 0 aliphatic rings. The molecule has 4 heteroatoms. The van der Waals surface area contributed by atoms with Crippen molar-refractivity contribution >= 4 is 24.1 Å². The average Bonchev–Trinajstić information content (AvgIpc) is 1.85. The quantitative estimate of drug-likeness (QED) is 0.658. The molecule has 3 nitrogen and oxygen atoms in total. The van der Waals surface area contributed by atoms with Crippen LogP contribution in [-0.4, -0.2) is 11.1 Å². The maximum Gasteiger partial charge on any atom is 0.338 e. The van der Waals surface area contributed by atoms with Crippen molar-refractivity contribution in [3.63, 3.8) is 0 Å². The Labute approximate surface area is 76.6 Å². The third-order valence-electron chi connectivity index (χ3n) is 1.52. The fourth-order valence-corrected chi connectivity index (χ4v) is 0.983. The molecule has 0 unspecified atom stereocenters. The van der Waals surface area contributed by atoms with Crippen molar-refractivity contribution in [3.8, 4) is 0 Å². The van der Waals surface area contributed by atoms with E-state index in [1.54, 1.807) is 25.1 Å². The predicted octanol–water partition coefficient (Wildman–Crippen LogP) is 1.70. The van der Waals surface area contributed by atoms with Crippen molar-refractivity contribution in [3.05, 3.63) is 29.3 Å². The number of benzene rings is 1. The van der Waals surface area contributed by atoms with Gasteiger partial charge in [-0.15, -0.1) is 12.4 Å². The second-order valence-corrected chi connectivity index (χ2v) is 2.34. The standard InChI is InChI=1S/C8H9NO2.ClH/c1-5-3-2-4-6(9)7(5)8(10)11;/h2-4H,9H2,1H3,(H,10,11);1H. The Morgan fingerprint density at radius 2 is 2.08 bits per heavy atom. The summed E-state index contributed by atoms with van der Waals surface area (Å²) in [6, 6.07) is 5.04. The van der Waals surface area contributed by atoms with E-state index in [1.807, 2.05) is 0 Å². The third-order valence-corrected chi connectivity index (χ3v) is 1.52. The van der Waals surface area contributed by atoms with Gasteiger partial charge in [0.15, 0.2) is 0 Å². The van der Waals surface area contributed by atoms with Crippen LogP contribution in [-0.2, 0) is 0 Å². The van der Waals surface area contributed by atoms with Crippen molar-refractivity contribution in [1.82, 2.24) is 0 Å². The SMILES string of the molecule is Cc1cccc(N)c1C(=O)O.Cl. The summed E-state index contributed by atoms with van der Waals surface area (Å²) in [4.78, 5) is 10.6. The number of nitrogens with two attached hydrogens (primary N) is 1. The summed E-state index contributed by atoms with van der Waals surface area (Å²) < 4.78 is 0. The van der Waals surface area contributed by atoms with Crippen LogP contribution in [0.3, 0.4) is 0 Å². The molecule has 0 spiro atoms. The molecule has 0 aromatic heterocycles. The topological polar surface area (TPSA) is 63.3 Å². The Morgan fingerprint density at radius 1 is 1.50 bits per heavy atom. The van der Waals surface area contributed by atoms with Crippen molar-refractivity contribution in [2.45, 2.75) is 6.92 Å². The van der Waals surface area contributed by atoms with Gasteiger partial charge in [-0.3, -0.25) is 0 Å². The van der Waals surface area contributed by atoms with Crippen molar-refractivity contribution in [1.29, 1.82) is 0 Å². The van der Waals surface area contributed by atoms with Crippen molar-refractivity contribution < 1.29 is 9.90 Å². The molecule has 1 aromatic carbocycles. The van der Waals surface area contributed by atoms with Gasteiger partial charge >= 0.3 is 5.97 Å². The molecule has 3 N–H and O–H groups in total. The van der Waals surface area contributed by atoms with Crippen LogP contribution in [0.15, 0.2) is 18.2 Å². The fourth-order valence-electron chi connectivity index (χ4n) is 0.983. The van der Waals surface area contributed by atoms with E-state index >= 15 is 0 Å². The minimum absolute atomic E-state index is 0. The molecule has 12 heavy (non-hydrogen) atoms. The van der Waals surface area contributed by atoms with E-state index in [2.05, 4.69) is 0 Å². The maximum atomic E-state index is 10.6. The van der Waals surface area contributed by atoms with Crippen LogP contribution >= 0.6 is 12.4 Å². The largest absolute Gasteiger partial charge is 0.478 e. The molecular formula is C8H10ClNO2. The highest BCUT2D eigenvalue weighted by molar-refractivity contribution is 5.95. The number of anilines is 1. The maximum absolute atomic E-state index is 10.6. The molecule has 0 saturated carbocycles. The zero-order valence-corrected chi connectivity index (χ0v) is 7.39. The summed E-state index contributed by atoms with van der Waals surface area (Å²) in [6.07, 6.45) is 0. The number of aryl methyl sites for hydroxylation is 1. The first-order chi connectivity index (χ1) is 5.13. The van der Waals surface area contributed by atoms with E-state index in [1.165, 1.54) is 0 Å². The highest BCUT2D eigenvalue weighted by Crippen LogP contribution is 2.15. The van der Waals surface area contributed by atoms with Gasteiger partial charge in [-0.1, -0.05) is 12.1 Å². The number of hydrogen-bond donors (Lipinski definition) is 2. The van der Waals surface area contributed by atoms with Gasteiger partial charge in [-0.25, -0.2) is 4.79 Å². The van der Waals surface area contributed by atoms with Crippen molar-refractivity contribution in [2.24, 2.45) is 0 Å². The Morgan fingerprint density at radius 3 is 2.42 bits per heavy atom. The lowest BCUT2D eigenvalue weighted by Crippen LogP contribution is -2.04. The first-order valence-electron chi connectivity index (χ1n) is 3.21. The van der Waals surface area contributed by atoms with E-state index in [9.17, 15) is 4.79 Å². The van der Waals surface area contributed by atoms with Gasteiger partial charge in [0.25, 0.3) is 0 Å². The molecule has 0 fully saturated rings. The summed E-state index contributed by atoms with van der Waals surface area (Å²) in [7, 11) is 0. The van der Waals surface area contributed by atoms with Crippen LogP contribution in [0.25, 0.3) is 0 Å². The lowest BCUT2D eigenvalue weighted by molar-refractivity contribution is 0.0697. The van der Waals surface area contributed by atoms with E-state index in [0.717, 1.165) is 0 Å². The van der Waals surface area contributed by atoms with Gasteiger partial charge < -0.3 is 10.8 Å². The number of hydrogen-bond acceptors (Lipinski definition) is 2. The van der Waals surface area contributed by atoms with E-state index < -0.39 is 5.97 Å². The van der Waals surface area contributed by atoms with Gasteiger partial charge in [0, 0.05) is 5.69 Å². The van der Waals surface area contributed by atoms with Gasteiger partial charge in [-0.2, -0.15) is 0 Å². The summed E-state index contributed by atoms with van der Waals surface area (Å²) in [5.74, 6) is -0.972. The Kier molecular flexibility index (Phi) is 3.57. The molecule has 0 amide bonds. The molecule has 0 bridgehead atoms. The van der Waals surface area contributed by atoms with Crippen LogP contribution in [0.1, 0.15) is 15.9 Å². The lowest BCUT2D eigenvalue weighted by atomic mass is 10.1. The number of carboxylic acid groups (broad SMARTS) is 1. The predicted molar refractivity (Wildman–Crippen MR) is 49.8 cm³/mol. The molecule has 0 aliphatic carbocycles. The van der Waals surface area contributed by atoms with Gasteiger partial charge in [0.05, 0.1) is 5.56 Å². The monoisotopic (exact) mass is 187 g/mol. The summed E-state index contributed by atoms with van der Waals surface area (Å²) in [6.45, 7) is 1.72. The summed E-state index contributed by atoms with van der Waals surface area (Å²) in [5.41, 5.74) is 6.65. The molecule has 0 radical (unpaired) electrons. The number of carboxylic acids is 1. The highest BCUT2D eigenvalue weighted by Gasteiger charge is 2.09. The Balaban J connectivity index is 0.00000121. The number of aromatic carboxylic acids is 1. The smallest absolute Gasteiger partial charge is 0.338 e. The van der Waals surface area contributed by atoms with Gasteiger partial charge in [0.1, 0.15) is 0 Å².